The van der Waals surface area contributed by atoms with Crippen molar-refractivity contribution in [2.75, 3.05) is 0 Å². The molecule has 122 valence electrons. The lowest BCUT2D eigenvalue weighted by molar-refractivity contribution is -0.326. The van der Waals surface area contributed by atoms with Crippen LogP contribution in [0.5, 0.6) is 0 Å². The highest BCUT2D eigenvalue weighted by molar-refractivity contribution is 9.10. The third-order valence-electron chi connectivity index (χ3n) is 3.84. The molecule has 6 nitrogen and oxygen atoms in total. The van der Waals surface area contributed by atoms with Gasteiger partial charge in [-0.1, -0.05) is 20.8 Å². The van der Waals surface area contributed by atoms with Gasteiger partial charge in [-0.15, -0.1) is 0 Å². The monoisotopic (exact) mass is 379 g/mol. The van der Waals surface area contributed by atoms with E-state index in [1.165, 1.54) is 10.5 Å². The Morgan fingerprint density at radius 1 is 1.09 bits per heavy atom. The van der Waals surface area contributed by atoms with Crippen molar-refractivity contribution in [3.63, 3.8) is 0 Å². The Morgan fingerprint density at radius 3 is 2.30 bits per heavy atom. The normalized spacial score (nSPS) is 13.2. The van der Waals surface area contributed by atoms with Crippen LogP contribution in [0.3, 0.4) is 0 Å². The Bertz CT molecular complexity index is 920. The second kappa shape index (κ2) is 4.98. The first kappa shape index (κ1) is 16.3. The predicted octanol–water partition coefficient (Wildman–Crippen LogP) is 2.34. The summed E-state index contributed by atoms with van der Waals surface area (Å²) in [5.74, 6) is -2.99. The number of aliphatic hydroxyl groups is 3. The quantitative estimate of drug-likeness (QED) is 0.564. The number of imidazole rings is 1. The molecule has 0 saturated heterocycles. The first-order valence-corrected chi connectivity index (χ1v) is 7.96. The standard InChI is InChI=1S/C16H18BrN3O3/c1-8-13(17)19-14-9-5-6-11(15(2,3)4)18-10(9)7-12(20(8)14)16(21,22)23/h5-7,21-23H,1-4H3. The predicted molar refractivity (Wildman–Crippen MR) is 90.0 cm³/mol. The fourth-order valence-electron chi connectivity index (χ4n) is 2.58. The van der Waals surface area contributed by atoms with Gasteiger partial charge in [0.1, 0.15) is 15.9 Å². The Hall–Kier alpha value is -1.54. The molecule has 0 fully saturated rings. The molecule has 0 aliphatic rings. The number of rotatable bonds is 1. The highest BCUT2D eigenvalue weighted by Crippen LogP contribution is 2.31. The molecule has 0 bridgehead atoms. The van der Waals surface area contributed by atoms with Crippen molar-refractivity contribution >= 4 is 32.5 Å². The van der Waals surface area contributed by atoms with Gasteiger partial charge in [0.2, 0.25) is 0 Å². The summed E-state index contributed by atoms with van der Waals surface area (Å²) in [6.07, 6.45) is 0. The topological polar surface area (TPSA) is 90.9 Å². The molecule has 3 aromatic rings. The van der Waals surface area contributed by atoms with Crippen LogP contribution < -0.4 is 0 Å². The van der Waals surface area contributed by atoms with Gasteiger partial charge < -0.3 is 15.3 Å². The molecular weight excluding hydrogens is 362 g/mol. The molecule has 0 radical (unpaired) electrons. The van der Waals surface area contributed by atoms with Crippen molar-refractivity contribution < 1.29 is 15.3 Å². The summed E-state index contributed by atoms with van der Waals surface area (Å²) < 4.78 is 2.07. The van der Waals surface area contributed by atoms with Crippen LogP contribution in [-0.4, -0.2) is 29.7 Å². The number of nitrogens with zero attached hydrogens (tertiary/aromatic N) is 3. The fourth-order valence-corrected chi connectivity index (χ4v) is 2.93. The molecule has 0 aromatic carbocycles. The largest absolute Gasteiger partial charge is 0.339 e. The average Bonchev–Trinajstić information content (AvgIpc) is 2.72. The van der Waals surface area contributed by atoms with Gasteiger partial charge in [-0.2, -0.15) is 0 Å². The van der Waals surface area contributed by atoms with Crippen LogP contribution in [0.2, 0.25) is 0 Å². The molecular formula is C16H18BrN3O3. The first-order chi connectivity index (χ1) is 10.5. The van der Waals surface area contributed by atoms with Gasteiger partial charge in [0, 0.05) is 16.5 Å². The second-order valence-corrected chi connectivity index (χ2v) is 7.44. The maximum atomic E-state index is 9.73. The maximum Gasteiger partial charge on any atom is 0.320 e. The van der Waals surface area contributed by atoms with E-state index in [9.17, 15) is 15.3 Å². The summed E-state index contributed by atoms with van der Waals surface area (Å²) in [4.78, 5) is 9.02. The summed E-state index contributed by atoms with van der Waals surface area (Å²) in [7, 11) is 0. The first-order valence-electron chi connectivity index (χ1n) is 7.16. The number of aromatic nitrogens is 3. The molecule has 0 spiro atoms. The summed E-state index contributed by atoms with van der Waals surface area (Å²) in [6.45, 7) is 7.91. The zero-order valence-electron chi connectivity index (χ0n) is 13.3. The van der Waals surface area contributed by atoms with Crippen LogP contribution in [0.15, 0.2) is 22.8 Å². The van der Waals surface area contributed by atoms with Crippen molar-refractivity contribution in [2.24, 2.45) is 0 Å². The van der Waals surface area contributed by atoms with Crippen LogP contribution in [0.4, 0.5) is 0 Å². The molecule has 0 saturated carbocycles. The van der Waals surface area contributed by atoms with Crippen LogP contribution in [0.25, 0.3) is 16.6 Å². The van der Waals surface area contributed by atoms with Crippen molar-refractivity contribution in [1.29, 1.82) is 0 Å². The Labute approximate surface area is 141 Å². The smallest absolute Gasteiger partial charge is 0.320 e. The van der Waals surface area contributed by atoms with E-state index in [0.717, 1.165) is 11.1 Å². The van der Waals surface area contributed by atoms with E-state index in [0.29, 0.717) is 21.5 Å². The van der Waals surface area contributed by atoms with E-state index >= 15 is 0 Å². The zero-order valence-corrected chi connectivity index (χ0v) is 14.9. The van der Waals surface area contributed by atoms with Gasteiger partial charge in [0.05, 0.1) is 11.2 Å². The molecule has 23 heavy (non-hydrogen) atoms. The summed E-state index contributed by atoms with van der Waals surface area (Å²) >= 11 is 3.34. The van der Waals surface area contributed by atoms with E-state index in [2.05, 4.69) is 25.9 Å². The van der Waals surface area contributed by atoms with Crippen molar-refractivity contribution in [3.8, 4) is 0 Å². The number of halogens is 1. The van der Waals surface area contributed by atoms with Crippen molar-refractivity contribution in [2.45, 2.75) is 39.1 Å². The number of hydrogen-bond acceptors (Lipinski definition) is 5. The average molecular weight is 380 g/mol. The summed E-state index contributed by atoms with van der Waals surface area (Å²) in [6, 6.07) is 5.32. The van der Waals surface area contributed by atoms with E-state index in [1.54, 1.807) is 6.92 Å². The number of fused-ring (bicyclic) bond motifs is 3. The zero-order chi connectivity index (χ0) is 17.2. The van der Waals surface area contributed by atoms with E-state index in [-0.39, 0.29) is 11.1 Å². The van der Waals surface area contributed by atoms with Crippen molar-refractivity contribution in [3.05, 3.63) is 39.9 Å². The number of aryl methyl sites for hydroxylation is 1. The minimum atomic E-state index is -2.99. The molecule has 0 aliphatic heterocycles. The fraction of sp³-hybridized carbons (Fsp3) is 0.375. The Balaban J connectivity index is 2.48. The summed E-state index contributed by atoms with van der Waals surface area (Å²) in [5.41, 5.74) is 2.30. The van der Waals surface area contributed by atoms with E-state index < -0.39 is 5.97 Å². The van der Waals surface area contributed by atoms with Gasteiger partial charge in [0.15, 0.2) is 0 Å². The molecule has 3 aromatic heterocycles. The van der Waals surface area contributed by atoms with Crippen molar-refractivity contribution in [1.82, 2.24) is 14.4 Å². The highest BCUT2D eigenvalue weighted by atomic mass is 79.9. The lowest BCUT2D eigenvalue weighted by atomic mass is 9.91. The third-order valence-corrected chi connectivity index (χ3v) is 4.59. The van der Waals surface area contributed by atoms with Gasteiger partial charge in [-0.3, -0.25) is 9.38 Å². The minimum absolute atomic E-state index is 0.103. The van der Waals surface area contributed by atoms with Crippen LogP contribution in [-0.2, 0) is 11.4 Å². The molecule has 0 aliphatic carbocycles. The SMILES string of the molecule is Cc1c(Br)nc2c3ccc(C(C)(C)C)nc3cc(C(O)(O)O)n12. The Kier molecular flexibility index (Phi) is 3.53. The lowest BCUT2D eigenvalue weighted by Crippen LogP contribution is -2.27. The number of hydrogen-bond donors (Lipinski definition) is 3. The molecule has 0 amide bonds. The maximum absolute atomic E-state index is 9.73. The molecule has 0 atom stereocenters. The van der Waals surface area contributed by atoms with Gasteiger partial charge in [-0.25, -0.2) is 4.98 Å². The van der Waals surface area contributed by atoms with E-state index in [1.807, 2.05) is 32.9 Å². The van der Waals surface area contributed by atoms with Crippen LogP contribution in [0, 0.1) is 6.92 Å². The van der Waals surface area contributed by atoms with Crippen LogP contribution in [0.1, 0.15) is 37.9 Å². The molecule has 3 N–H and O–H groups in total. The number of pyridine rings is 2. The third kappa shape index (κ3) is 2.63. The van der Waals surface area contributed by atoms with Gasteiger partial charge >= 0.3 is 5.97 Å². The van der Waals surface area contributed by atoms with Gasteiger partial charge in [-0.05, 0) is 41.1 Å². The second-order valence-electron chi connectivity index (χ2n) is 6.69. The molecule has 0 unspecified atom stereocenters. The van der Waals surface area contributed by atoms with Crippen LogP contribution >= 0.6 is 15.9 Å². The Morgan fingerprint density at radius 2 is 1.74 bits per heavy atom. The lowest BCUT2D eigenvalue weighted by Gasteiger charge is -2.20. The highest BCUT2D eigenvalue weighted by Gasteiger charge is 2.29. The molecule has 3 rings (SSSR count). The minimum Gasteiger partial charge on any atom is -0.339 e. The summed E-state index contributed by atoms with van der Waals surface area (Å²) in [5, 5.41) is 29.9. The van der Waals surface area contributed by atoms with E-state index in [4.69, 9.17) is 0 Å². The molecule has 3 heterocycles. The molecule has 7 heteroatoms. The van der Waals surface area contributed by atoms with Gasteiger partial charge in [0.25, 0.3) is 0 Å².